The molecule has 6 heteroatoms. The van der Waals surface area contributed by atoms with Gasteiger partial charge in [0.25, 0.3) is 0 Å². The van der Waals surface area contributed by atoms with Gasteiger partial charge in [0.05, 0.1) is 5.56 Å². The summed E-state index contributed by atoms with van der Waals surface area (Å²) in [5.41, 5.74) is 5.23. The Labute approximate surface area is 121 Å². The zero-order chi connectivity index (χ0) is 14.6. The SMILES string of the molecule is Nc1cc(C(F)(F)F)ccc1SCCN1CCCCC1. The van der Waals surface area contributed by atoms with Crippen LogP contribution in [0.15, 0.2) is 23.1 Å². The summed E-state index contributed by atoms with van der Waals surface area (Å²) in [5, 5.41) is 0. The number of nitrogen functional groups attached to an aromatic ring is 1. The van der Waals surface area contributed by atoms with Crippen molar-refractivity contribution < 1.29 is 13.2 Å². The molecule has 2 nitrogen and oxygen atoms in total. The first-order valence-corrected chi connectivity index (χ1v) is 7.77. The number of thioether (sulfide) groups is 1. The number of alkyl halides is 3. The molecule has 1 heterocycles. The quantitative estimate of drug-likeness (QED) is 0.676. The lowest BCUT2D eigenvalue weighted by atomic mass is 10.1. The van der Waals surface area contributed by atoms with Crippen LogP contribution in [0.4, 0.5) is 18.9 Å². The molecule has 0 saturated carbocycles. The highest BCUT2D eigenvalue weighted by atomic mass is 32.2. The van der Waals surface area contributed by atoms with Gasteiger partial charge in [0.2, 0.25) is 0 Å². The molecule has 0 aromatic heterocycles. The second-order valence-electron chi connectivity index (χ2n) is 5.00. The molecule has 1 fully saturated rings. The smallest absolute Gasteiger partial charge is 0.398 e. The molecule has 0 atom stereocenters. The van der Waals surface area contributed by atoms with Gasteiger partial charge in [0.1, 0.15) is 0 Å². The van der Waals surface area contributed by atoms with Crippen molar-refractivity contribution in [2.75, 3.05) is 31.1 Å². The minimum atomic E-state index is -4.33. The van der Waals surface area contributed by atoms with Gasteiger partial charge in [0.15, 0.2) is 0 Å². The fourth-order valence-electron chi connectivity index (χ4n) is 2.32. The maximum absolute atomic E-state index is 12.5. The van der Waals surface area contributed by atoms with Gasteiger partial charge in [-0.25, -0.2) is 0 Å². The van der Waals surface area contributed by atoms with Gasteiger partial charge in [-0.15, -0.1) is 11.8 Å². The molecule has 1 saturated heterocycles. The maximum atomic E-state index is 12.5. The van der Waals surface area contributed by atoms with E-state index < -0.39 is 11.7 Å². The Morgan fingerprint density at radius 1 is 1.15 bits per heavy atom. The number of rotatable bonds is 4. The lowest BCUT2D eigenvalue weighted by Crippen LogP contribution is -2.31. The molecule has 0 radical (unpaired) electrons. The number of piperidine rings is 1. The lowest BCUT2D eigenvalue weighted by Gasteiger charge is -2.26. The van der Waals surface area contributed by atoms with Crippen LogP contribution in [0.1, 0.15) is 24.8 Å². The van der Waals surface area contributed by atoms with E-state index in [1.165, 1.54) is 37.1 Å². The summed E-state index contributed by atoms with van der Waals surface area (Å²) >= 11 is 1.53. The molecule has 0 aliphatic carbocycles. The molecular formula is C14H19F3N2S. The van der Waals surface area contributed by atoms with Crippen molar-refractivity contribution in [1.82, 2.24) is 4.90 Å². The summed E-state index contributed by atoms with van der Waals surface area (Å²) in [7, 11) is 0. The highest BCUT2D eigenvalue weighted by Gasteiger charge is 2.30. The number of hydrogen-bond acceptors (Lipinski definition) is 3. The zero-order valence-corrected chi connectivity index (χ0v) is 12.1. The fraction of sp³-hybridized carbons (Fsp3) is 0.571. The van der Waals surface area contributed by atoms with Crippen LogP contribution in [0, 0.1) is 0 Å². The number of likely N-dealkylation sites (tertiary alicyclic amines) is 1. The number of benzene rings is 1. The first kappa shape index (κ1) is 15.5. The van der Waals surface area contributed by atoms with Crippen LogP contribution in [0.25, 0.3) is 0 Å². The highest BCUT2D eigenvalue weighted by Crippen LogP contribution is 2.34. The molecule has 0 unspecified atom stereocenters. The third kappa shape index (κ3) is 4.31. The predicted octanol–water partition coefficient (Wildman–Crippen LogP) is 3.87. The highest BCUT2D eigenvalue weighted by molar-refractivity contribution is 7.99. The van der Waals surface area contributed by atoms with Crippen molar-refractivity contribution in [1.29, 1.82) is 0 Å². The van der Waals surface area contributed by atoms with Gasteiger partial charge in [-0.1, -0.05) is 6.42 Å². The van der Waals surface area contributed by atoms with Gasteiger partial charge in [0, 0.05) is 22.9 Å². The van der Waals surface area contributed by atoms with E-state index in [-0.39, 0.29) is 5.69 Å². The summed E-state index contributed by atoms with van der Waals surface area (Å²) in [5.74, 6) is 0.857. The third-order valence-electron chi connectivity index (χ3n) is 3.45. The van der Waals surface area contributed by atoms with Crippen molar-refractivity contribution in [3.05, 3.63) is 23.8 Å². The van der Waals surface area contributed by atoms with Crippen LogP contribution in [-0.4, -0.2) is 30.3 Å². The summed E-state index contributed by atoms with van der Waals surface area (Å²) in [6.07, 6.45) is -0.541. The molecule has 1 aromatic carbocycles. The molecule has 20 heavy (non-hydrogen) atoms. The third-order valence-corrected chi connectivity index (χ3v) is 4.52. The van der Waals surface area contributed by atoms with E-state index in [9.17, 15) is 13.2 Å². The molecule has 0 spiro atoms. The Kier molecular flexibility index (Phi) is 5.21. The van der Waals surface area contributed by atoms with Gasteiger partial charge >= 0.3 is 6.18 Å². The Morgan fingerprint density at radius 2 is 1.85 bits per heavy atom. The van der Waals surface area contributed by atoms with Crippen LogP contribution < -0.4 is 5.73 Å². The minimum absolute atomic E-state index is 0.212. The Balaban J connectivity index is 1.86. The first-order valence-electron chi connectivity index (χ1n) is 6.79. The predicted molar refractivity (Wildman–Crippen MR) is 76.9 cm³/mol. The molecule has 1 aliphatic rings. The van der Waals surface area contributed by atoms with Gasteiger partial charge in [-0.05, 0) is 44.1 Å². The van der Waals surface area contributed by atoms with Crippen LogP contribution in [0.3, 0.4) is 0 Å². The minimum Gasteiger partial charge on any atom is -0.398 e. The average Bonchev–Trinajstić information content (AvgIpc) is 2.40. The Hall–Kier alpha value is -0.880. The summed E-state index contributed by atoms with van der Waals surface area (Å²) < 4.78 is 37.6. The molecule has 1 aromatic rings. The van der Waals surface area contributed by atoms with Gasteiger partial charge in [-0.2, -0.15) is 13.2 Å². The molecule has 1 aliphatic heterocycles. The zero-order valence-electron chi connectivity index (χ0n) is 11.2. The molecule has 2 rings (SSSR count). The summed E-state index contributed by atoms with van der Waals surface area (Å²) in [6, 6.07) is 3.59. The fourth-order valence-corrected chi connectivity index (χ4v) is 3.28. The number of halogens is 3. The van der Waals surface area contributed by atoms with E-state index in [1.54, 1.807) is 0 Å². The molecular weight excluding hydrogens is 285 g/mol. The lowest BCUT2D eigenvalue weighted by molar-refractivity contribution is -0.137. The van der Waals surface area contributed by atoms with Crippen molar-refractivity contribution in [3.8, 4) is 0 Å². The standard InChI is InChI=1S/C14H19F3N2S/c15-14(16,17)11-4-5-13(12(18)10-11)20-9-8-19-6-2-1-3-7-19/h4-5,10H,1-3,6-9,18H2. The van der Waals surface area contributed by atoms with E-state index in [1.807, 2.05) is 0 Å². The normalized spacial score (nSPS) is 17.4. The van der Waals surface area contributed by atoms with Crippen LogP contribution in [0.2, 0.25) is 0 Å². The maximum Gasteiger partial charge on any atom is 0.416 e. The average molecular weight is 304 g/mol. The number of hydrogen-bond donors (Lipinski definition) is 1. The molecule has 2 N–H and O–H groups in total. The first-order chi connectivity index (χ1) is 9.47. The largest absolute Gasteiger partial charge is 0.416 e. The van der Waals surface area contributed by atoms with E-state index in [4.69, 9.17) is 5.73 Å². The summed E-state index contributed by atoms with van der Waals surface area (Å²) in [6.45, 7) is 3.22. The van der Waals surface area contributed by atoms with Crippen molar-refractivity contribution >= 4 is 17.4 Å². The van der Waals surface area contributed by atoms with Crippen LogP contribution in [0.5, 0.6) is 0 Å². The topological polar surface area (TPSA) is 29.3 Å². The second-order valence-corrected chi connectivity index (χ2v) is 6.14. The summed E-state index contributed by atoms with van der Waals surface area (Å²) in [4.78, 5) is 3.13. The van der Waals surface area contributed by atoms with E-state index >= 15 is 0 Å². The number of nitrogens with two attached hydrogens (primary N) is 1. The number of anilines is 1. The van der Waals surface area contributed by atoms with Crippen molar-refractivity contribution in [2.24, 2.45) is 0 Å². The van der Waals surface area contributed by atoms with Crippen molar-refractivity contribution in [2.45, 2.75) is 30.3 Å². The monoisotopic (exact) mass is 304 g/mol. The van der Waals surface area contributed by atoms with Crippen LogP contribution >= 0.6 is 11.8 Å². The van der Waals surface area contributed by atoms with Gasteiger partial charge < -0.3 is 10.6 Å². The van der Waals surface area contributed by atoms with Crippen molar-refractivity contribution in [3.63, 3.8) is 0 Å². The second kappa shape index (κ2) is 6.72. The number of nitrogens with zero attached hydrogens (tertiary/aromatic N) is 1. The van der Waals surface area contributed by atoms with Gasteiger partial charge in [-0.3, -0.25) is 0 Å². The molecule has 0 bridgehead atoms. The van der Waals surface area contributed by atoms with Crippen LogP contribution in [-0.2, 0) is 6.18 Å². The Bertz CT molecular complexity index is 443. The molecule has 112 valence electrons. The van der Waals surface area contributed by atoms with E-state index in [0.717, 1.165) is 42.4 Å². The van der Waals surface area contributed by atoms with E-state index in [2.05, 4.69) is 4.90 Å². The Morgan fingerprint density at radius 3 is 2.45 bits per heavy atom. The molecule has 0 amide bonds. The van der Waals surface area contributed by atoms with E-state index in [0.29, 0.717) is 0 Å².